The van der Waals surface area contributed by atoms with E-state index in [0.717, 1.165) is 63.4 Å². The lowest BCUT2D eigenvalue weighted by Crippen LogP contribution is -2.38. The van der Waals surface area contributed by atoms with E-state index in [4.69, 9.17) is 9.47 Å². The molecule has 4 nitrogen and oxygen atoms in total. The first-order valence-corrected chi connectivity index (χ1v) is 7.57. The largest absolute Gasteiger partial charge is 0.492 e. The summed E-state index contributed by atoms with van der Waals surface area (Å²) in [7, 11) is 0. The van der Waals surface area contributed by atoms with E-state index in [1.54, 1.807) is 0 Å². The number of aliphatic hydroxyl groups excluding tert-OH is 1. The van der Waals surface area contributed by atoms with E-state index in [0.29, 0.717) is 6.61 Å². The number of fused-ring (bicyclic) bond motifs is 1. The van der Waals surface area contributed by atoms with Crippen LogP contribution in [0.25, 0.3) is 0 Å². The van der Waals surface area contributed by atoms with Gasteiger partial charge < -0.3 is 14.6 Å². The minimum Gasteiger partial charge on any atom is -0.492 e. The molecule has 0 spiro atoms. The van der Waals surface area contributed by atoms with E-state index in [2.05, 4.69) is 4.90 Å². The summed E-state index contributed by atoms with van der Waals surface area (Å²) in [6, 6.07) is 6.03. The molecule has 110 valence electrons. The summed E-state index contributed by atoms with van der Waals surface area (Å²) in [4.78, 5) is 2.37. The Labute approximate surface area is 120 Å². The van der Waals surface area contributed by atoms with Crippen molar-refractivity contribution in [1.29, 1.82) is 0 Å². The maximum atomic E-state index is 10.0. The average Bonchev–Trinajstić information content (AvgIpc) is 2.49. The lowest BCUT2D eigenvalue weighted by atomic mass is 9.89. The highest BCUT2D eigenvalue weighted by Crippen LogP contribution is 2.35. The standard InChI is InChI=1S/C16H23NO3/c18-15-5-1-4-14-13(15)3-2-6-16(14)20-12-9-17-7-10-19-11-8-17/h2-3,6,15,18H,1,4-5,7-12H2. The normalized spacial score (nSPS) is 23.4. The Hall–Kier alpha value is -1.10. The molecule has 1 heterocycles. The zero-order valence-corrected chi connectivity index (χ0v) is 11.9. The average molecular weight is 277 g/mol. The minimum atomic E-state index is -0.318. The van der Waals surface area contributed by atoms with Gasteiger partial charge in [-0.2, -0.15) is 0 Å². The molecule has 2 aliphatic rings. The zero-order valence-electron chi connectivity index (χ0n) is 11.9. The second-order valence-corrected chi connectivity index (χ2v) is 5.53. The van der Waals surface area contributed by atoms with E-state index in [9.17, 15) is 5.11 Å². The Balaban J connectivity index is 1.58. The first-order valence-electron chi connectivity index (χ1n) is 7.57. The van der Waals surface area contributed by atoms with E-state index in [-0.39, 0.29) is 6.10 Å². The van der Waals surface area contributed by atoms with Gasteiger partial charge in [0, 0.05) is 19.6 Å². The van der Waals surface area contributed by atoms with E-state index < -0.39 is 0 Å². The maximum absolute atomic E-state index is 10.0. The molecule has 0 radical (unpaired) electrons. The van der Waals surface area contributed by atoms with Gasteiger partial charge >= 0.3 is 0 Å². The number of hydrogen-bond donors (Lipinski definition) is 1. The van der Waals surface area contributed by atoms with Gasteiger partial charge in [-0.3, -0.25) is 4.90 Å². The predicted molar refractivity (Wildman–Crippen MR) is 77.1 cm³/mol. The van der Waals surface area contributed by atoms with Crippen LogP contribution in [-0.2, 0) is 11.2 Å². The molecule has 1 aromatic carbocycles. The fourth-order valence-corrected chi connectivity index (χ4v) is 3.03. The number of aliphatic hydroxyl groups is 1. The highest BCUT2D eigenvalue weighted by atomic mass is 16.5. The van der Waals surface area contributed by atoms with Gasteiger partial charge in [0.2, 0.25) is 0 Å². The van der Waals surface area contributed by atoms with Crippen molar-refractivity contribution in [3.05, 3.63) is 29.3 Å². The molecule has 0 amide bonds. The summed E-state index contributed by atoms with van der Waals surface area (Å²) in [5.41, 5.74) is 2.26. The van der Waals surface area contributed by atoms with Crippen LogP contribution in [0.3, 0.4) is 0 Å². The van der Waals surface area contributed by atoms with Gasteiger partial charge in [0.25, 0.3) is 0 Å². The molecule has 3 rings (SSSR count). The molecule has 1 aromatic rings. The topological polar surface area (TPSA) is 41.9 Å². The summed E-state index contributed by atoms with van der Waals surface area (Å²) < 4.78 is 11.3. The Bertz CT molecular complexity index is 443. The van der Waals surface area contributed by atoms with Crippen molar-refractivity contribution in [3.8, 4) is 5.75 Å². The summed E-state index contributed by atoms with van der Waals surface area (Å²) in [6.45, 7) is 5.28. The van der Waals surface area contributed by atoms with Crippen molar-refractivity contribution in [1.82, 2.24) is 4.90 Å². The fourth-order valence-electron chi connectivity index (χ4n) is 3.03. The quantitative estimate of drug-likeness (QED) is 0.911. The van der Waals surface area contributed by atoms with Gasteiger partial charge in [0.15, 0.2) is 0 Å². The Morgan fingerprint density at radius 3 is 3.00 bits per heavy atom. The molecular weight excluding hydrogens is 254 g/mol. The molecule has 0 bridgehead atoms. The van der Waals surface area contributed by atoms with Crippen LogP contribution in [0.15, 0.2) is 18.2 Å². The molecule has 0 aromatic heterocycles. The van der Waals surface area contributed by atoms with Crippen LogP contribution in [0, 0.1) is 0 Å². The molecule has 1 atom stereocenters. The van der Waals surface area contributed by atoms with Crippen molar-refractivity contribution in [3.63, 3.8) is 0 Å². The number of ether oxygens (including phenoxy) is 2. The van der Waals surface area contributed by atoms with Crippen LogP contribution >= 0.6 is 0 Å². The summed E-state index contributed by atoms with van der Waals surface area (Å²) >= 11 is 0. The van der Waals surface area contributed by atoms with Crippen LogP contribution < -0.4 is 4.74 Å². The fraction of sp³-hybridized carbons (Fsp3) is 0.625. The smallest absolute Gasteiger partial charge is 0.122 e. The zero-order chi connectivity index (χ0) is 13.8. The number of rotatable bonds is 4. The molecule has 0 saturated carbocycles. The molecule has 1 fully saturated rings. The number of benzene rings is 1. The lowest BCUT2D eigenvalue weighted by Gasteiger charge is -2.27. The molecule has 4 heteroatoms. The Kier molecular flexibility index (Phi) is 4.55. The molecule has 1 aliphatic carbocycles. The minimum absolute atomic E-state index is 0.318. The monoisotopic (exact) mass is 277 g/mol. The van der Waals surface area contributed by atoms with E-state index in [1.165, 1.54) is 5.56 Å². The number of nitrogens with zero attached hydrogens (tertiary/aromatic N) is 1. The number of hydrogen-bond acceptors (Lipinski definition) is 4. The molecule has 20 heavy (non-hydrogen) atoms. The molecule has 1 aliphatic heterocycles. The highest BCUT2D eigenvalue weighted by Gasteiger charge is 2.20. The second kappa shape index (κ2) is 6.57. The summed E-state index contributed by atoms with van der Waals surface area (Å²) in [5.74, 6) is 0.953. The van der Waals surface area contributed by atoms with Crippen molar-refractivity contribution >= 4 is 0 Å². The lowest BCUT2D eigenvalue weighted by molar-refractivity contribution is 0.0321. The molecule has 1 N–H and O–H groups in total. The second-order valence-electron chi connectivity index (χ2n) is 5.53. The Morgan fingerprint density at radius 2 is 2.15 bits per heavy atom. The SMILES string of the molecule is OC1CCCc2c(OCCN3CCOCC3)cccc21. The molecular formula is C16H23NO3. The molecule has 1 unspecified atom stereocenters. The van der Waals surface area contributed by atoms with Crippen LogP contribution in [0.2, 0.25) is 0 Å². The highest BCUT2D eigenvalue weighted by molar-refractivity contribution is 5.42. The van der Waals surface area contributed by atoms with Crippen molar-refractivity contribution in [2.75, 3.05) is 39.5 Å². The van der Waals surface area contributed by atoms with Crippen LogP contribution in [0.5, 0.6) is 5.75 Å². The number of morpholine rings is 1. The van der Waals surface area contributed by atoms with Gasteiger partial charge in [-0.1, -0.05) is 12.1 Å². The summed E-state index contributed by atoms with van der Waals surface area (Å²) in [6.07, 6.45) is 2.60. The predicted octanol–water partition coefficient (Wildman–Crippen LogP) is 1.77. The van der Waals surface area contributed by atoms with Crippen LogP contribution in [0.1, 0.15) is 30.1 Å². The van der Waals surface area contributed by atoms with Crippen molar-refractivity contribution < 1.29 is 14.6 Å². The van der Waals surface area contributed by atoms with Gasteiger partial charge in [0.05, 0.1) is 19.3 Å². The van der Waals surface area contributed by atoms with Crippen molar-refractivity contribution in [2.24, 2.45) is 0 Å². The third-order valence-corrected chi connectivity index (χ3v) is 4.20. The van der Waals surface area contributed by atoms with Gasteiger partial charge in [-0.15, -0.1) is 0 Å². The summed E-state index contributed by atoms with van der Waals surface area (Å²) in [5, 5.41) is 10.0. The van der Waals surface area contributed by atoms with Crippen LogP contribution in [-0.4, -0.2) is 49.5 Å². The third kappa shape index (κ3) is 3.14. The van der Waals surface area contributed by atoms with E-state index >= 15 is 0 Å². The molecule has 1 saturated heterocycles. The van der Waals surface area contributed by atoms with E-state index in [1.807, 2.05) is 18.2 Å². The first-order chi connectivity index (χ1) is 9.84. The van der Waals surface area contributed by atoms with Gasteiger partial charge in [-0.25, -0.2) is 0 Å². The first kappa shape index (κ1) is 13.9. The third-order valence-electron chi connectivity index (χ3n) is 4.20. The van der Waals surface area contributed by atoms with Crippen molar-refractivity contribution in [2.45, 2.75) is 25.4 Å². The maximum Gasteiger partial charge on any atom is 0.122 e. The van der Waals surface area contributed by atoms with Gasteiger partial charge in [0.1, 0.15) is 12.4 Å². The van der Waals surface area contributed by atoms with Gasteiger partial charge in [-0.05, 0) is 36.5 Å². The van der Waals surface area contributed by atoms with Crippen LogP contribution in [0.4, 0.5) is 0 Å². The Morgan fingerprint density at radius 1 is 1.30 bits per heavy atom.